The Kier molecular flexibility index (Phi) is 8.47. The van der Waals surface area contributed by atoms with Gasteiger partial charge in [-0.25, -0.2) is 4.39 Å². The van der Waals surface area contributed by atoms with Crippen molar-refractivity contribution in [1.82, 2.24) is 0 Å². The van der Waals surface area contributed by atoms with Crippen molar-refractivity contribution in [2.75, 3.05) is 6.61 Å². The number of halogens is 1. The van der Waals surface area contributed by atoms with E-state index in [-0.39, 0.29) is 18.0 Å². The molecule has 0 fully saturated rings. The molecule has 0 bridgehead atoms. The first-order chi connectivity index (χ1) is 9.70. The van der Waals surface area contributed by atoms with Gasteiger partial charge < -0.3 is 10.5 Å². The molecule has 114 valence electrons. The standard InChI is InChI=1S/C17H28FNO/c1-3-5-6-7-10-13-20-17(16(19)4-2)14-11-8-9-12-15(14)18/h8-9,11-12,16-17H,3-7,10,13,19H2,1-2H3. The smallest absolute Gasteiger partial charge is 0.129 e. The molecular weight excluding hydrogens is 253 g/mol. The molecule has 1 rings (SSSR count). The molecule has 0 amide bonds. The van der Waals surface area contributed by atoms with Gasteiger partial charge in [0.15, 0.2) is 0 Å². The van der Waals surface area contributed by atoms with E-state index in [0.717, 1.165) is 12.8 Å². The van der Waals surface area contributed by atoms with E-state index in [1.807, 2.05) is 13.0 Å². The number of rotatable bonds is 10. The molecule has 0 saturated heterocycles. The van der Waals surface area contributed by atoms with Crippen LogP contribution in [0.4, 0.5) is 4.39 Å². The van der Waals surface area contributed by atoms with Crippen LogP contribution < -0.4 is 5.73 Å². The molecule has 3 heteroatoms. The van der Waals surface area contributed by atoms with Gasteiger partial charge in [-0.3, -0.25) is 0 Å². The summed E-state index contributed by atoms with van der Waals surface area (Å²) in [6, 6.07) is 6.60. The number of nitrogens with two attached hydrogens (primary N) is 1. The minimum Gasteiger partial charge on any atom is -0.372 e. The summed E-state index contributed by atoms with van der Waals surface area (Å²) < 4.78 is 19.8. The molecule has 1 aromatic rings. The minimum atomic E-state index is -0.340. The normalized spacial score (nSPS) is 14.2. The molecule has 2 nitrogen and oxygen atoms in total. The van der Waals surface area contributed by atoms with Crippen molar-refractivity contribution in [3.63, 3.8) is 0 Å². The molecule has 0 aromatic heterocycles. The second-order valence-electron chi connectivity index (χ2n) is 5.30. The SMILES string of the molecule is CCCCCCCOC(c1ccccc1F)C(N)CC. The van der Waals surface area contributed by atoms with Crippen LogP contribution in [0.15, 0.2) is 24.3 Å². The molecular formula is C17H28FNO. The van der Waals surface area contributed by atoms with Crippen molar-refractivity contribution in [3.8, 4) is 0 Å². The predicted octanol–water partition coefficient (Wildman–Crippen LogP) is 4.59. The molecule has 0 heterocycles. The lowest BCUT2D eigenvalue weighted by molar-refractivity contribution is 0.0288. The fraction of sp³-hybridized carbons (Fsp3) is 0.647. The van der Waals surface area contributed by atoms with Crippen molar-refractivity contribution < 1.29 is 9.13 Å². The summed E-state index contributed by atoms with van der Waals surface area (Å²) in [5.74, 6) is -0.229. The zero-order valence-corrected chi connectivity index (χ0v) is 12.8. The number of hydrogen-bond acceptors (Lipinski definition) is 2. The Hall–Kier alpha value is -0.930. The summed E-state index contributed by atoms with van der Waals surface area (Å²) in [5, 5.41) is 0. The molecule has 0 spiro atoms. The van der Waals surface area contributed by atoms with E-state index in [1.165, 1.54) is 31.7 Å². The first-order valence-corrected chi connectivity index (χ1v) is 7.82. The number of hydrogen-bond donors (Lipinski definition) is 1. The van der Waals surface area contributed by atoms with Crippen LogP contribution in [-0.2, 0) is 4.74 Å². The summed E-state index contributed by atoms with van der Waals surface area (Å²) in [6.07, 6.45) is 6.36. The van der Waals surface area contributed by atoms with E-state index < -0.39 is 0 Å². The van der Waals surface area contributed by atoms with E-state index >= 15 is 0 Å². The lowest BCUT2D eigenvalue weighted by atomic mass is 10.0. The molecule has 1 aromatic carbocycles. The van der Waals surface area contributed by atoms with E-state index in [4.69, 9.17) is 10.5 Å². The van der Waals surface area contributed by atoms with Gasteiger partial charge in [-0.1, -0.05) is 57.7 Å². The van der Waals surface area contributed by atoms with Gasteiger partial charge in [0.2, 0.25) is 0 Å². The van der Waals surface area contributed by atoms with Gasteiger partial charge in [-0.05, 0) is 18.9 Å². The third-order valence-corrected chi connectivity index (χ3v) is 3.62. The highest BCUT2D eigenvalue weighted by molar-refractivity contribution is 5.21. The zero-order valence-electron chi connectivity index (χ0n) is 12.8. The molecule has 20 heavy (non-hydrogen) atoms. The highest BCUT2D eigenvalue weighted by atomic mass is 19.1. The van der Waals surface area contributed by atoms with E-state index in [0.29, 0.717) is 12.2 Å². The lowest BCUT2D eigenvalue weighted by Gasteiger charge is -2.24. The van der Waals surface area contributed by atoms with Crippen molar-refractivity contribution >= 4 is 0 Å². The molecule has 2 N–H and O–H groups in total. The topological polar surface area (TPSA) is 35.2 Å². The van der Waals surface area contributed by atoms with Gasteiger partial charge in [-0.2, -0.15) is 0 Å². The van der Waals surface area contributed by atoms with Crippen molar-refractivity contribution in [2.24, 2.45) is 5.73 Å². The molecule has 0 aliphatic rings. The lowest BCUT2D eigenvalue weighted by Crippen LogP contribution is -2.30. The molecule has 0 aliphatic carbocycles. The largest absolute Gasteiger partial charge is 0.372 e. The van der Waals surface area contributed by atoms with E-state index in [9.17, 15) is 4.39 Å². The molecule has 2 unspecified atom stereocenters. The van der Waals surface area contributed by atoms with Gasteiger partial charge in [0.1, 0.15) is 11.9 Å². The average Bonchev–Trinajstić information content (AvgIpc) is 2.47. The van der Waals surface area contributed by atoms with Gasteiger partial charge in [0, 0.05) is 18.2 Å². The Morgan fingerprint density at radius 3 is 2.45 bits per heavy atom. The number of unbranched alkanes of at least 4 members (excludes halogenated alkanes) is 4. The van der Waals surface area contributed by atoms with Crippen LogP contribution in [0, 0.1) is 5.82 Å². The highest BCUT2D eigenvalue weighted by Gasteiger charge is 2.21. The van der Waals surface area contributed by atoms with E-state index in [2.05, 4.69) is 6.92 Å². The van der Waals surface area contributed by atoms with Gasteiger partial charge in [0.05, 0.1) is 0 Å². The van der Waals surface area contributed by atoms with Crippen LogP contribution in [0.3, 0.4) is 0 Å². The molecule has 0 aliphatic heterocycles. The Labute approximate surface area is 122 Å². The quantitative estimate of drug-likeness (QED) is 0.637. The summed E-state index contributed by atoms with van der Waals surface area (Å²) >= 11 is 0. The Balaban J connectivity index is 2.51. The summed E-state index contributed by atoms with van der Waals surface area (Å²) in [6.45, 7) is 4.85. The van der Waals surface area contributed by atoms with Crippen LogP contribution in [0.1, 0.15) is 64.0 Å². The average molecular weight is 281 g/mol. The third kappa shape index (κ3) is 5.59. The maximum Gasteiger partial charge on any atom is 0.129 e. The van der Waals surface area contributed by atoms with E-state index in [1.54, 1.807) is 12.1 Å². The molecule has 0 radical (unpaired) electrons. The first-order valence-electron chi connectivity index (χ1n) is 7.82. The van der Waals surface area contributed by atoms with Gasteiger partial charge >= 0.3 is 0 Å². The third-order valence-electron chi connectivity index (χ3n) is 3.62. The van der Waals surface area contributed by atoms with Crippen LogP contribution in [0.2, 0.25) is 0 Å². The van der Waals surface area contributed by atoms with Crippen molar-refractivity contribution in [3.05, 3.63) is 35.6 Å². The Morgan fingerprint density at radius 1 is 1.10 bits per heavy atom. The van der Waals surface area contributed by atoms with Crippen LogP contribution >= 0.6 is 0 Å². The monoisotopic (exact) mass is 281 g/mol. The molecule has 0 saturated carbocycles. The van der Waals surface area contributed by atoms with Gasteiger partial charge in [0.25, 0.3) is 0 Å². The zero-order chi connectivity index (χ0) is 14.8. The maximum absolute atomic E-state index is 13.9. The van der Waals surface area contributed by atoms with Crippen molar-refractivity contribution in [1.29, 1.82) is 0 Å². The fourth-order valence-electron chi connectivity index (χ4n) is 2.28. The minimum absolute atomic E-state index is 0.164. The van der Waals surface area contributed by atoms with Crippen LogP contribution in [0.25, 0.3) is 0 Å². The Morgan fingerprint density at radius 2 is 1.80 bits per heavy atom. The maximum atomic E-state index is 13.9. The summed E-state index contributed by atoms with van der Waals surface area (Å²) in [4.78, 5) is 0. The summed E-state index contributed by atoms with van der Waals surface area (Å²) in [5.41, 5.74) is 6.67. The first kappa shape index (κ1) is 17.1. The van der Waals surface area contributed by atoms with Crippen LogP contribution in [0.5, 0.6) is 0 Å². The number of ether oxygens (including phenoxy) is 1. The van der Waals surface area contributed by atoms with Gasteiger partial charge in [-0.15, -0.1) is 0 Å². The predicted molar refractivity (Wildman–Crippen MR) is 82.1 cm³/mol. The Bertz CT molecular complexity index is 370. The van der Waals surface area contributed by atoms with Crippen molar-refractivity contribution in [2.45, 2.75) is 64.5 Å². The second kappa shape index (κ2) is 9.89. The number of benzene rings is 1. The van der Waals surface area contributed by atoms with Crippen LogP contribution in [-0.4, -0.2) is 12.6 Å². The fourth-order valence-corrected chi connectivity index (χ4v) is 2.28. The molecule has 2 atom stereocenters. The second-order valence-corrected chi connectivity index (χ2v) is 5.30. The summed E-state index contributed by atoms with van der Waals surface area (Å²) in [7, 11) is 0. The highest BCUT2D eigenvalue weighted by Crippen LogP contribution is 2.25.